The Bertz CT molecular complexity index is 995. The fraction of sp³-hybridized carbons (Fsp3) is 0.158. The van der Waals surface area contributed by atoms with Crippen molar-refractivity contribution >= 4 is 23.3 Å². The predicted octanol–water partition coefficient (Wildman–Crippen LogP) is 4.10. The lowest BCUT2D eigenvalue weighted by Crippen LogP contribution is -2.11. The zero-order chi connectivity index (χ0) is 19.6. The van der Waals surface area contributed by atoms with Gasteiger partial charge in [-0.1, -0.05) is 41.4 Å². The Morgan fingerprint density at radius 2 is 1.81 bits per heavy atom. The predicted molar refractivity (Wildman–Crippen MR) is 101 cm³/mol. The first kappa shape index (κ1) is 18.6. The second-order valence-corrected chi connectivity index (χ2v) is 6.48. The average Bonchev–Trinajstić information content (AvgIpc) is 2.92. The number of rotatable bonds is 6. The van der Waals surface area contributed by atoms with Gasteiger partial charge in [0.2, 0.25) is 0 Å². The van der Waals surface area contributed by atoms with Gasteiger partial charge in [-0.05, 0) is 24.6 Å². The Labute approximate surface area is 160 Å². The molecule has 0 aliphatic carbocycles. The highest BCUT2D eigenvalue weighted by Gasteiger charge is 2.20. The Balaban J connectivity index is 2.08. The quantitative estimate of drug-likeness (QED) is 0.509. The third kappa shape index (κ3) is 4.15. The van der Waals surface area contributed by atoms with Crippen LogP contribution in [0, 0.1) is 17.0 Å². The lowest BCUT2D eigenvalue weighted by molar-refractivity contribution is -0.384. The van der Waals surface area contributed by atoms with Gasteiger partial charge in [-0.2, -0.15) is 0 Å². The standard InChI is InChI=1S/C19H16ClN3O4/c1-12-2-4-13(5-3-12)11-22-16(10-17(24)25)18(20)21-19(22)14-6-8-15(9-7-14)23(26)27/h2-9H,10-11H2,1H3,(H,24,25). The van der Waals surface area contributed by atoms with Gasteiger partial charge < -0.3 is 9.67 Å². The summed E-state index contributed by atoms with van der Waals surface area (Å²) in [6, 6.07) is 13.8. The van der Waals surface area contributed by atoms with Crippen molar-refractivity contribution in [2.45, 2.75) is 19.9 Å². The molecular weight excluding hydrogens is 370 g/mol. The Hall–Kier alpha value is -3.19. The van der Waals surface area contributed by atoms with Crippen LogP contribution in [-0.2, 0) is 17.8 Å². The summed E-state index contributed by atoms with van der Waals surface area (Å²) in [6.07, 6.45) is -0.273. The molecule has 0 aliphatic heterocycles. The van der Waals surface area contributed by atoms with E-state index in [0.717, 1.165) is 11.1 Å². The van der Waals surface area contributed by atoms with Crippen LogP contribution in [0.1, 0.15) is 16.8 Å². The molecule has 0 amide bonds. The summed E-state index contributed by atoms with van der Waals surface area (Å²) in [5.74, 6) is -0.552. The van der Waals surface area contributed by atoms with Gasteiger partial charge in [0.25, 0.3) is 5.69 Å². The van der Waals surface area contributed by atoms with Crippen LogP contribution in [0.5, 0.6) is 0 Å². The van der Waals surface area contributed by atoms with Crippen molar-refractivity contribution in [3.05, 3.63) is 80.6 Å². The molecule has 0 radical (unpaired) electrons. The normalized spacial score (nSPS) is 10.7. The zero-order valence-electron chi connectivity index (χ0n) is 14.4. The molecule has 0 bridgehead atoms. The molecule has 1 aromatic heterocycles. The summed E-state index contributed by atoms with van der Waals surface area (Å²) >= 11 is 6.21. The fourth-order valence-electron chi connectivity index (χ4n) is 2.77. The summed E-state index contributed by atoms with van der Waals surface area (Å²) in [5, 5.41) is 20.2. The topological polar surface area (TPSA) is 98.3 Å². The maximum absolute atomic E-state index is 11.3. The first-order valence-corrected chi connectivity index (χ1v) is 8.50. The van der Waals surface area contributed by atoms with Gasteiger partial charge >= 0.3 is 5.97 Å². The lowest BCUT2D eigenvalue weighted by atomic mass is 10.1. The monoisotopic (exact) mass is 385 g/mol. The molecular formula is C19H16ClN3O4. The molecule has 0 spiro atoms. The number of nitro benzene ring substituents is 1. The van der Waals surface area contributed by atoms with Crippen molar-refractivity contribution in [2.24, 2.45) is 0 Å². The van der Waals surface area contributed by atoms with Crippen LogP contribution in [-0.4, -0.2) is 25.6 Å². The second-order valence-electron chi connectivity index (χ2n) is 6.12. The van der Waals surface area contributed by atoms with E-state index in [9.17, 15) is 20.0 Å². The number of benzene rings is 2. The summed E-state index contributed by atoms with van der Waals surface area (Å²) < 4.78 is 1.74. The van der Waals surface area contributed by atoms with E-state index in [4.69, 9.17) is 11.6 Å². The number of imidazole rings is 1. The molecule has 7 nitrogen and oxygen atoms in total. The van der Waals surface area contributed by atoms with Crippen molar-refractivity contribution in [3.8, 4) is 11.4 Å². The fourth-order valence-corrected chi connectivity index (χ4v) is 3.02. The second kappa shape index (κ2) is 7.59. The van der Waals surface area contributed by atoms with E-state index in [-0.39, 0.29) is 17.3 Å². The minimum Gasteiger partial charge on any atom is -0.481 e. The molecule has 1 heterocycles. The van der Waals surface area contributed by atoms with E-state index in [2.05, 4.69) is 4.98 Å². The number of carbonyl (C=O) groups is 1. The number of nitrogens with zero attached hydrogens (tertiary/aromatic N) is 3. The van der Waals surface area contributed by atoms with Gasteiger partial charge in [0.05, 0.1) is 17.0 Å². The van der Waals surface area contributed by atoms with Crippen LogP contribution < -0.4 is 0 Å². The number of halogens is 1. The lowest BCUT2D eigenvalue weighted by Gasteiger charge is -2.12. The molecule has 0 fully saturated rings. The van der Waals surface area contributed by atoms with Crippen LogP contribution in [0.15, 0.2) is 48.5 Å². The Kier molecular flexibility index (Phi) is 5.23. The van der Waals surface area contributed by atoms with Crippen LogP contribution in [0.4, 0.5) is 5.69 Å². The number of nitro groups is 1. The smallest absolute Gasteiger partial charge is 0.309 e. The van der Waals surface area contributed by atoms with Crippen LogP contribution in [0.25, 0.3) is 11.4 Å². The van der Waals surface area contributed by atoms with Crippen molar-refractivity contribution in [1.82, 2.24) is 9.55 Å². The molecule has 3 aromatic rings. The molecule has 2 aromatic carbocycles. The minimum atomic E-state index is -1.02. The number of carboxylic acid groups (broad SMARTS) is 1. The van der Waals surface area contributed by atoms with Gasteiger partial charge in [-0.3, -0.25) is 14.9 Å². The third-order valence-electron chi connectivity index (χ3n) is 4.14. The summed E-state index contributed by atoms with van der Waals surface area (Å²) in [7, 11) is 0. The van der Waals surface area contributed by atoms with E-state index < -0.39 is 10.9 Å². The van der Waals surface area contributed by atoms with E-state index in [1.165, 1.54) is 12.1 Å². The first-order valence-electron chi connectivity index (χ1n) is 8.12. The Morgan fingerprint density at radius 1 is 1.19 bits per heavy atom. The number of non-ortho nitro benzene ring substituents is 1. The van der Waals surface area contributed by atoms with E-state index in [0.29, 0.717) is 23.6 Å². The summed E-state index contributed by atoms with van der Waals surface area (Å²) in [4.78, 5) is 26.0. The van der Waals surface area contributed by atoms with Crippen molar-refractivity contribution in [2.75, 3.05) is 0 Å². The molecule has 0 atom stereocenters. The highest BCUT2D eigenvalue weighted by molar-refractivity contribution is 6.30. The number of hydrogen-bond acceptors (Lipinski definition) is 4. The van der Waals surface area contributed by atoms with Gasteiger partial charge in [-0.15, -0.1) is 0 Å². The van der Waals surface area contributed by atoms with Gasteiger partial charge in [0.1, 0.15) is 5.82 Å². The number of carboxylic acids is 1. The van der Waals surface area contributed by atoms with Crippen LogP contribution in [0.2, 0.25) is 5.15 Å². The summed E-state index contributed by atoms with van der Waals surface area (Å²) in [5.41, 5.74) is 3.05. The number of aryl methyl sites for hydroxylation is 1. The van der Waals surface area contributed by atoms with Gasteiger partial charge in [-0.25, -0.2) is 4.98 Å². The molecule has 0 saturated carbocycles. The van der Waals surface area contributed by atoms with Crippen LogP contribution in [0.3, 0.4) is 0 Å². The number of hydrogen-bond donors (Lipinski definition) is 1. The number of aromatic nitrogens is 2. The molecule has 0 unspecified atom stereocenters. The summed E-state index contributed by atoms with van der Waals surface area (Å²) in [6.45, 7) is 2.37. The van der Waals surface area contributed by atoms with Gasteiger partial charge in [0, 0.05) is 24.2 Å². The Morgan fingerprint density at radius 3 is 2.37 bits per heavy atom. The van der Waals surface area contributed by atoms with E-state index in [1.54, 1.807) is 16.7 Å². The maximum atomic E-state index is 11.3. The minimum absolute atomic E-state index is 0.0350. The SMILES string of the molecule is Cc1ccc(Cn2c(-c3ccc([N+](=O)[O-])cc3)nc(Cl)c2CC(=O)O)cc1. The van der Waals surface area contributed by atoms with E-state index in [1.807, 2.05) is 31.2 Å². The average molecular weight is 386 g/mol. The molecule has 8 heteroatoms. The molecule has 27 heavy (non-hydrogen) atoms. The van der Waals surface area contributed by atoms with Crippen molar-refractivity contribution in [1.29, 1.82) is 0 Å². The zero-order valence-corrected chi connectivity index (χ0v) is 15.2. The van der Waals surface area contributed by atoms with Crippen molar-refractivity contribution < 1.29 is 14.8 Å². The first-order chi connectivity index (χ1) is 12.8. The molecule has 138 valence electrons. The van der Waals surface area contributed by atoms with Gasteiger partial charge in [0.15, 0.2) is 5.15 Å². The van der Waals surface area contributed by atoms with Crippen LogP contribution >= 0.6 is 11.6 Å². The third-order valence-corrected chi connectivity index (χ3v) is 4.44. The highest BCUT2D eigenvalue weighted by atomic mass is 35.5. The number of aliphatic carboxylic acids is 1. The molecule has 0 aliphatic rings. The molecule has 0 saturated heterocycles. The largest absolute Gasteiger partial charge is 0.481 e. The highest BCUT2D eigenvalue weighted by Crippen LogP contribution is 2.28. The molecule has 1 N–H and O–H groups in total. The molecule has 3 rings (SSSR count). The maximum Gasteiger partial charge on any atom is 0.309 e. The van der Waals surface area contributed by atoms with Crippen molar-refractivity contribution in [3.63, 3.8) is 0 Å². The van der Waals surface area contributed by atoms with E-state index >= 15 is 0 Å².